The number of aliphatic hydroxyl groups is 1. The van der Waals surface area contributed by atoms with Gasteiger partial charge in [0.05, 0.1) is 17.2 Å². The Morgan fingerprint density at radius 2 is 2.12 bits per heavy atom. The van der Waals surface area contributed by atoms with Gasteiger partial charge in [0, 0.05) is 19.6 Å². The highest BCUT2D eigenvalue weighted by Crippen LogP contribution is 2.22. The maximum atomic E-state index is 9.87. The molecule has 0 amide bonds. The molecule has 0 saturated carbocycles. The van der Waals surface area contributed by atoms with Crippen LogP contribution in [-0.4, -0.2) is 28.7 Å². The number of piperidine rings is 1. The minimum absolute atomic E-state index is 0.495. The normalized spacial score (nSPS) is 19.8. The molecule has 1 aliphatic heterocycles. The quantitative estimate of drug-likeness (QED) is 0.844. The molecule has 90 valence electrons. The van der Waals surface area contributed by atoms with Gasteiger partial charge in [0.25, 0.3) is 0 Å². The zero-order valence-corrected chi connectivity index (χ0v) is 10.2. The fourth-order valence-electron chi connectivity index (χ4n) is 2.19. The van der Waals surface area contributed by atoms with Crippen molar-refractivity contribution in [2.24, 2.45) is 0 Å². The maximum absolute atomic E-state index is 9.87. The molecule has 0 bridgehead atoms. The fourth-order valence-corrected chi connectivity index (χ4v) is 2.19. The van der Waals surface area contributed by atoms with E-state index in [0.717, 1.165) is 32.5 Å². The Labute approximate surface area is 102 Å². The van der Waals surface area contributed by atoms with Crippen LogP contribution in [0.4, 0.5) is 0 Å². The third kappa shape index (κ3) is 3.29. The van der Waals surface area contributed by atoms with Crippen molar-refractivity contribution >= 4 is 0 Å². The Kier molecular flexibility index (Phi) is 3.46. The first-order valence-corrected chi connectivity index (χ1v) is 6.03. The summed E-state index contributed by atoms with van der Waals surface area (Å²) in [6.45, 7) is 4.61. The number of hydrogen-bond donors (Lipinski definition) is 1. The molecule has 0 unspecified atom stereocenters. The van der Waals surface area contributed by atoms with Gasteiger partial charge in [0.2, 0.25) is 0 Å². The minimum atomic E-state index is -0.495. The van der Waals surface area contributed by atoms with Crippen LogP contribution in [0.2, 0.25) is 0 Å². The van der Waals surface area contributed by atoms with E-state index in [1.807, 2.05) is 31.2 Å². The van der Waals surface area contributed by atoms with Crippen LogP contribution in [0.5, 0.6) is 0 Å². The van der Waals surface area contributed by atoms with Crippen LogP contribution >= 0.6 is 0 Å². The number of rotatable bonds is 2. The van der Waals surface area contributed by atoms with Gasteiger partial charge in [-0.2, -0.15) is 5.26 Å². The summed E-state index contributed by atoms with van der Waals surface area (Å²) >= 11 is 0. The fraction of sp³-hybridized carbons (Fsp3) is 0.500. The van der Waals surface area contributed by atoms with Crippen LogP contribution in [0.15, 0.2) is 24.3 Å². The van der Waals surface area contributed by atoms with E-state index >= 15 is 0 Å². The molecule has 1 aromatic carbocycles. The van der Waals surface area contributed by atoms with E-state index in [0.29, 0.717) is 5.56 Å². The lowest BCUT2D eigenvalue weighted by Gasteiger charge is -2.35. The van der Waals surface area contributed by atoms with Gasteiger partial charge in [-0.25, -0.2) is 0 Å². The molecule has 3 heteroatoms. The van der Waals surface area contributed by atoms with E-state index in [1.54, 1.807) is 0 Å². The molecule has 0 aliphatic carbocycles. The van der Waals surface area contributed by atoms with Crippen molar-refractivity contribution in [2.75, 3.05) is 13.1 Å². The lowest BCUT2D eigenvalue weighted by Crippen LogP contribution is -2.41. The van der Waals surface area contributed by atoms with E-state index in [1.165, 1.54) is 5.56 Å². The van der Waals surface area contributed by atoms with Gasteiger partial charge in [-0.3, -0.25) is 4.90 Å². The third-order valence-corrected chi connectivity index (χ3v) is 3.40. The number of nitriles is 1. The van der Waals surface area contributed by atoms with E-state index < -0.39 is 5.60 Å². The molecule has 0 radical (unpaired) electrons. The van der Waals surface area contributed by atoms with Crippen molar-refractivity contribution in [2.45, 2.75) is 31.9 Å². The highest BCUT2D eigenvalue weighted by molar-refractivity contribution is 5.32. The summed E-state index contributed by atoms with van der Waals surface area (Å²) in [5.41, 5.74) is 1.39. The monoisotopic (exact) mass is 230 g/mol. The molecule has 2 rings (SSSR count). The average Bonchev–Trinajstić information content (AvgIpc) is 2.32. The first kappa shape index (κ1) is 12.1. The lowest BCUT2D eigenvalue weighted by molar-refractivity contribution is -0.00730. The van der Waals surface area contributed by atoms with Crippen molar-refractivity contribution in [3.8, 4) is 6.07 Å². The van der Waals surface area contributed by atoms with Gasteiger partial charge in [0.1, 0.15) is 0 Å². The maximum Gasteiger partial charge on any atom is 0.0991 e. The highest BCUT2D eigenvalue weighted by atomic mass is 16.3. The van der Waals surface area contributed by atoms with Gasteiger partial charge in [0.15, 0.2) is 0 Å². The lowest BCUT2D eigenvalue weighted by atomic mass is 9.93. The van der Waals surface area contributed by atoms with Gasteiger partial charge in [-0.1, -0.05) is 12.1 Å². The van der Waals surface area contributed by atoms with Crippen molar-refractivity contribution in [3.63, 3.8) is 0 Å². The van der Waals surface area contributed by atoms with E-state index in [2.05, 4.69) is 11.0 Å². The topological polar surface area (TPSA) is 47.3 Å². The van der Waals surface area contributed by atoms with Crippen LogP contribution in [0, 0.1) is 11.3 Å². The summed E-state index contributed by atoms with van der Waals surface area (Å²) in [6.07, 6.45) is 1.65. The predicted molar refractivity (Wildman–Crippen MR) is 66.3 cm³/mol. The molecule has 17 heavy (non-hydrogen) atoms. The Balaban J connectivity index is 1.96. The molecular formula is C14H18N2O. The zero-order valence-electron chi connectivity index (χ0n) is 10.2. The largest absolute Gasteiger partial charge is 0.390 e. The van der Waals surface area contributed by atoms with Gasteiger partial charge >= 0.3 is 0 Å². The van der Waals surface area contributed by atoms with E-state index in [9.17, 15) is 5.11 Å². The number of benzene rings is 1. The molecule has 1 aliphatic rings. The zero-order chi connectivity index (χ0) is 12.3. The van der Waals surface area contributed by atoms with E-state index in [4.69, 9.17) is 5.26 Å². The van der Waals surface area contributed by atoms with Crippen molar-refractivity contribution in [1.82, 2.24) is 4.90 Å². The SMILES string of the molecule is CC1(O)CCN(Cc2cccc(C#N)c2)CC1. The Morgan fingerprint density at radius 1 is 1.41 bits per heavy atom. The highest BCUT2D eigenvalue weighted by Gasteiger charge is 2.26. The van der Waals surface area contributed by atoms with Crippen LogP contribution in [0.1, 0.15) is 30.9 Å². The van der Waals surface area contributed by atoms with Crippen molar-refractivity contribution in [3.05, 3.63) is 35.4 Å². The molecule has 3 nitrogen and oxygen atoms in total. The van der Waals surface area contributed by atoms with Crippen molar-refractivity contribution in [1.29, 1.82) is 5.26 Å². The van der Waals surface area contributed by atoms with Crippen LogP contribution in [0.25, 0.3) is 0 Å². The average molecular weight is 230 g/mol. The molecule has 1 fully saturated rings. The molecule has 1 saturated heterocycles. The van der Waals surface area contributed by atoms with Crippen molar-refractivity contribution < 1.29 is 5.11 Å². The second kappa shape index (κ2) is 4.87. The first-order chi connectivity index (χ1) is 8.09. The van der Waals surface area contributed by atoms with Gasteiger partial charge < -0.3 is 5.11 Å². The van der Waals surface area contributed by atoms with Crippen LogP contribution in [-0.2, 0) is 6.54 Å². The second-order valence-electron chi connectivity index (χ2n) is 5.09. The third-order valence-electron chi connectivity index (χ3n) is 3.40. The molecular weight excluding hydrogens is 212 g/mol. The summed E-state index contributed by atoms with van der Waals surface area (Å²) in [4.78, 5) is 2.33. The predicted octanol–water partition coefficient (Wildman–Crippen LogP) is 1.91. The standard InChI is InChI=1S/C14H18N2O/c1-14(17)5-7-16(8-6-14)11-13-4-2-3-12(9-13)10-15/h2-4,9,17H,5-8,11H2,1H3. The smallest absolute Gasteiger partial charge is 0.0991 e. The molecule has 0 spiro atoms. The number of likely N-dealkylation sites (tertiary alicyclic amines) is 1. The van der Waals surface area contributed by atoms with E-state index in [-0.39, 0.29) is 0 Å². The number of hydrogen-bond acceptors (Lipinski definition) is 3. The molecule has 1 heterocycles. The molecule has 0 atom stereocenters. The van der Waals surface area contributed by atoms with Crippen LogP contribution in [0.3, 0.4) is 0 Å². The summed E-state index contributed by atoms with van der Waals surface area (Å²) < 4.78 is 0. The minimum Gasteiger partial charge on any atom is -0.390 e. The van der Waals surface area contributed by atoms with Crippen LogP contribution < -0.4 is 0 Å². The number of nitrogens with zero attached hydrogens (tertiary/aromatic N) is 2. The molecule has 1 N–H and O–H groups in total. The van der Waals surface area contributed by atoms with Gasteiger partial charge in [-0.05, 0) is 37.5 Å². The molecule has 1 aromatic rings. The summed E-state index contributed by atoms with van der Waals surface area (Å²) in [7, 11) is 0. The molecule has 0 aromatic heterocycles. The second-order valence-corrected chi connectivity index (χ2v) is 5.09. The Bertz CT molecular complexity index is 424. The first-order valence-electron chi connectivity index (χ1n) is 6.03. The summed E-state index contributed by atoms with van der Waals surface area (Å²) in [5, 5.41) is 18.7. The Hall–Kier alpha value is -1.37. The van der Waals surface area contributed by atoms with Gasteiger partial charge in [-0.15, -0.1) is 0 Å². The summed E-state index contributed by atoms with van der Waals surface area (Å²) in [6, 6.07) is 9.89. The summed E-state index contributed by atoms with van der Waals surface area (Å²) in [5.74, 6) is 0. The Morgan fingerprint density at radius 3 is 2.76 bits per heavy atom.